The number of piperidine rings is 1. The molecule has 5 nitrogen and oxygen atoms in total. The molecule has 140 valence electrons. The van der Waals surface area contributed by atoms with Crippen molar-refractivity contribution in [3.05, 3.63) is 35.4 Å². The van der Waals surface area contributed by atoms with Gasteiger partial charge in [0.05, 0.1) is 12.2 Å². The van der Waals surface area contributed by atoms with Crippen LogP contribution in [0.15, 0.2) is 24.3 Å². The van der Waals surface area contributed by atoms with Gasteiger partial charge in [-0.25, -0.2) is 4.79 Å². The SMILES string of the molecule is COCCN(C)CCCC1CCN(Cc2cccc(C(=O)O)c2)CC1. The summed E-state index contributed by atoms with van der Waals surface area (Å²) < 4.78 is 5.11. The highest BCUT2D eigenvalue weighted by Gasteiger charge is 2.19. The van der Waals surface area contributed by atoms with Crippen molar-refractivity contribution in [3.8, 4) is 0 Å². The zero-order valence-corrected chi connectivity index (χ0v) is 15.6. The van der Waals surface area contributed by atoms with E-state index in [-0.39, 0.29) is 0 Å². The summed E-state index contributed by atoms with van der Waals surface area (Å²) in [7, 11) is 3.91. The second-order valence-electron chi connectivity index (χ2n) is 7.16. The van der Waals surface area contributed by atoms with Crippen LogP contribution in [-0.2, 0) is 11.3 Å². The quantitative estimate of drug-likeness (QED) is 0.704. The van der Waals surface area contributed by atoms with Gasteiger partial charge in [0.1, 0.15) is 0 Å². The number of likely N-dealkylation sites (N-methyl/N-ethyl adjacent to an activating group) is 1. The molecule has 25 heavy (non-hydrogen) atoms. The van der Waals surface area contributed by atoms with Gasteiger partial charge < -0.3 is 14.7 Å². The molecule has 1 aliphatic heterocycles. The lowest BCUT2D eigenvalue weighted by molar-refractivity contribution is 0.0696. The molecule has 5 heteroatoms. The van der Waals surface area contributed by atoms with Gasteiger partial charge in [0.15, 0.2) is 0 Å². The van der Waals surface area contributed by atoms with Crippen LogP contribution in [0.25, 0.3) is 0 Å². The second kappa shape index (κ2) is 10.5. The van der Waals surface area contributed by atoms with Crippen LogP contribution in [-0.4, -0.2) is 67.8 Å². The molecule has 1 aromatic carbocycles. The predicted octanol–water partition coefficient (Wildman–Crippen LogP) is 2.96. The van der Waals surface area contributed by atoms with Crippen molar-refractivity contribution in [1.82, 2.24) is 9.80 Å². The number of carboxylic acids is 1. The van der Waals surface area contributed by atoms with Crippen molar-refractivity contribution in [2.24, 2.45) is 5.92 Å². The molecule has 0 aliphatic carbocycles. The van der Waals surface area contributed by atoms with Gasteiger partial charge in [0, 0.05) is 20.2 Å². The number of hydrogen-bond donors (Lipinski definition) is 1. The van der Waals surface area contributed by atoms with Crippen LogP contribution in [0, 0.1) is 5.92 Å². The van der Waals surface area contributed by atoms with Crippen LogP contribution >= 0.6 is 0 Å². The monoisotopic (exact) mass is 348 g/mol. The maximum absolute atomic E-state index is 11.1. The van der Waals surface area contributed by atoms with E-state index in [1.165, 1.54) is 25.7 Å². The summed E-state index contributed by atoms with van der Waals surface area (Å²) in [6.07, 6.45) is 5.06. The Hall–Kier alpha value is -1.43. The number of rotatable bonds is 10. The van der Waals surface area contributed by atoms with E-state index < -0.39 is 5.97 Å². The highest BCUT2D eigenvalue weighted by Crippen LogP contribution is 2.23. The minimum Gasteiger partial charge on any atom is -0.478 e. The van der Waals surface area contributed by atoms with Crippen molar-refractivity contribution in [2.75, 3.05) is 46.9 Å². The number of benzene rings is 1. The molecule has 1 heterocycles. The van der Waals surface area contributed by atoms with Crippen molar-refractivity contribution in [1.29, 1.82) is 0 Å². The topological polar surface area (TPSA) is 53.0 Å². The lowest BCUT2D eigenvalue weighted by Crippen LogP contribution is -2.33. The van der Waals surface area contributed by atoms with Crippen molar-refractivity contribution in [3.63, 3.8) is 0 Å². The Balaban J connectivity index is 1.66. The van der Waals surface area contributed by atoms with Crippen LogP contribution in [0.5, 0.6) is 0 Å². The number of ether oxygens (including phenoxy) is 1. The third-order valence-electron chi connectivity index (χ3n) is 5.12. The van der Waals surface area contributed by atoms with Crippen LogP contribution in [0.4, 0.5) is 0 Å². The fraction of sp³-hybridized carbons (Fsp3) is 0.650. The predicted molar refractivity (Wildman–Crippen MR) is 100 cm³/mol. The maximum Gasteiger partial charge on any atom is 0.335 e. The summed E-state index contributed by atoms with van der Waals surface area (Å²) in [4.78, 5) is 15.9. The highest BCUT2D eigenvalue weighted by atomic mass is 16.5. The number of methoxy groups -OCH3 is 1. The van der Waals surface area contributed by atoms with E-state index in [1.807, 2.05) is 12.1 Å². The van der Waals surface area contributed by atoms with E-state index >= 15 is 0 Å². The summed E-state index contributed by atoms with van der Waals surface area (Å²) in [5.41, 5.74) is 1.48. The van der Waals surface area contributed by atoms with Crippen LogP contribution < -0.4 is 0 Å². The fourth-order valence-electron chi connectivity index (χ4n) is 3.50. The molecule has 1 N–H and O–H groups in total. The molecular weight excluding hydrogens is 316 g/mol. The van der Waals surface area contributed by atoms with Crippen LogP contribution in [0.2, 0.25) is 0 Å². The number of aromatic carboxylic acids is 1. The Labute approximate surface area is 151 Å². The van der Waals surface area contributed by atoms with Crippen LogP contribution in [0.3, 0.4) is 0 Å². The van der Waals surface area contributed by atoms with E-state index in [0.717, 1.165) is 50.8 Å². The number of hydrogen-bond acceptors (Lipinski definition) is 4. The first-order chi connectivity index (χ1) is 12.1. The van der Waals surface area contributed by atoms with E-state index in [9.17, 15) is 4.79 Å². The molecular formula is C20H32N2O3. The minimum absolute atomic E-state index is 0.380. The summed E-state index contributed by atoms with van der Waals surface area (Å²) >= 11 is 0. The van der Waals surface area contributed by atoms with Crippen molar-refractivity contribution >= 4 is 5.97 Å². The molecule has 0 atom stereocenters. The largest absolute Gasteiger partial charge is 0.478 e. The van der Waals surface area contributed by atoms with Crippen LogP contribution in [0.1, 0.15) is 41.6 Å². The molecule has 0 unspecified atom stereocenters. The molecule has 1 aliphatic rings. The Morgan fingerprint density at radius 2 is 2.08 bits per heavy atom. The van der Waals surface area contributed by atoms with E-state index in [0.29, 0.717) is 5.56 Å². The van der Waals surface area contributed by atoms with Gasteiger partial charge in [-0.15, -0.1) is 0 Å². The van der Waals surface area contributed by atoms with Gasteiger partial charge in [0.2, 0.25) is 0 Å². The number of carbonyl (C=O) groups is 1. The third-order valence-corrected chi connectivity index (χ3v) is 5.12. The van der Waals surface area contributed by atoms with E-state index in [1.54, 1.807) is 19.2 Å². The molecule has 0 aromatic heterocycles. The highest BCUT2D eigenvalue weighted by molar-refractivity contribution is 5.87. The molecule has 0 amide bonds. The first kappa shape index (κ1) is 19.9. The van der Waals surface area contributed by atoms with Gasteiger partial charge in [-0.2, -0.15) is 0 Å². The first-order valence-electron chi connectivity index (χ1n) is 9.30. The Bertz CT molecular complexity index is 527. The fourth-order valence-corrected chi connectivity index (χ4v) is 3.50. The summed E-state index contributed by atoms with van der Waals surface area (Å²) in [6, 6.07) is 7.31. The molecule has 0 spiro atoms. The Morgan fingerprint density at radius 1 is 1.32 bits per heavy atom. The smallest absolute Gasteiger partial charge is 0.335 e. The van der Waals surface area contributed by atoms with E-state index in [2.05, 4.69) is 16.8 Å². The molecule has 0 saturated carbocycles. The molecule has 0 bridgehead atoms. The molecule has 2 rings (SSSR count). The lowest BCUT2D eigenvalue weighted by Gasteiger charge is -2.32. The zero-order chi connectivity index (χ0) is 18.1. The summed E-state index contributed by atoms with van der Waals surface area (Å²) in [6.45, 7) is 6.03. The van der Waals surface area contributed by atoms with Gasteiger partial charge >= 0.3 is 5.97 Å². The standard InChI is InChI=1S/C20H32N2O3/c1-21(13-14-25-2)10-4-6-17-8-11-22(12-9-17)16-18-5-3-7-19(15-18)20(23)24/h3,5,7,15,17H,4,6,8-14,16H2,1-2H3,(H,23,24). The van der Waals surface area contributed by atoms with Gasteiger partial charge in [-0.05, 0) is 76.0 Å². The average molecular weight is 348 g/mol. The Kier molecular flexibility index (Phi) is 8.38. The first-order valence-corrected chi connectivity index (χ1v) is 9.30. The number of carboxylic acid groups (broad SMARTS) is 1. The zero-order valence-electron chi connectivity index (χ0n) is 15.6. The average Bonchev–Trinajstić information content (AvgIpc) is 2.61. The van der Waals surface area contributed by atoms with Crippen molar-refractivity contribution in [2.45, 2.75) is 32.2 Å². The molecule has 0 radical (unpaired) electrons. The Morgan fingerprint density at radius 3 is 2.76 bits per heavy atom. The summed E-state index contributed by atoms with van der Waals surface area (Å²) in [5, 5.41) is 9.10. The summed E-state index contributed by atoms with van der Waals surface area (Å²) in [5.74, 6) is -0.0199. The molecule has 1 saturated heterocycles. The molecule has 1 aromatic rings. The normalized spacial score (nSPS) is 16.4. The van der Waals surface area contributed by atoms with Crippen molar-refractivity contribution < 1.29 is 14.6 Å². The second-order valence-corrected chi connectivity index (χ2v) is 7.16. The third kappa shape index (κ3) is 7.14. The minimum atomic E-state index is -0.851. The molecule has 1 fully saturated rings. The van der Waals surface area contributed by atoms with Gasteiger partial charge in [-0.3, -0.25) is 4.90 Å². The number of likely N-dealkylation sites (tertiary alicyclic amines) is 1. The van der Waals surface area contributed by atoms with Gasteiger partial charge in [-0.1, -0.05) is 12.1 Å². The van der Waals surface area contributed by atoms with E-state index in [4.69, 9.17) is 9.84 Å². The number of nitrogens with zero attached hydrogens (tertiary/aromatic N) is 2. The maximum atomic E-state index is 11.1. The lowest BCUT2D eigenvalue weighted by atomic mass is 9.92. The van der Waals surface area contributed by atoms with Gasteiger partial charge in [0.25, 0.3) is 0 Å².